The number of nitrogens with one attached hydrogen (secondary N) is 1. The van der Waals surface area contributed by atoms with Gasteiger partial charge in [-0.1, -0.05) is 11.6 Å². The molecule has 7 heteroatoms. The van der Waals surface area contributed by atoms with Gasteiger partial charge in [-0.05, 0) is 48.9 Å². The lowest BCUT2D eigenvalue weighted by atomic mass is 10.1. The molecule has 0 radical (unpaired) electrons. The van der Waals surface area contributed by atoms with Crippen LogP contribution in [0.25, 0.3) is 0 Å². The minimum atomic E-state index is -0.518. The standard InChI is InChI=1S/C19H18ClFN2O3/c1-11-7-14(21)4-5-15(11)22-19(25)12-8-18(24)23(10-12)16-9-13(20)3-6-17(16)26-2/h3-7,9,12H,8,10H2,1-2H3,(H,22,25). The first-order valence-electron chi connectivity index (χ1n) is 8.10. The van der Waals surface area contributed by atoms with Crippen molar-refractivity contribution in [3.63, 3.8) is 0 Å². The molecule has 1 N–H and O–H groups in total. The number of amides is 2. The average molecular weight is 377 g/mol. The number of hydrogen-bond acceptors (Lipinski definition) is 3. The van der Waals surface area contributed by atoms with Crippen molar-refractivity contribution >= 4 is 34.8 Å². The molecule has 1 unspecified atom stereocenters. The zero-order valence-electron chi connectivity index (χ0n) is 14.4. The van der Waals surface area contributed by atoms with Crippen molar-refractivity contribution in [3.8, 4) is 5.75 Å². The van der Waals surface area contributed by atoms with Crippen LogP contribution >= 0.6 is 11.6 Å². The van der Waals surface area contributed by atoms with E-state index in [-0.39, 0.29) is 30.6 Å². The molecule has 136 valence electrons. The Bertz CT molecular complexity index is 872. The molecule has 2 amide bonds. The molecule has 0 spiro atoms. The Balaban J connectivity index is 1.77. The summed E-state index contributed by atoms with van der Waals surface area (Å²) < 4.78 is 18.5. The minimum absolute atomic E-state index is 0.0851. The van der Waals surface area contributed by atoms with Gasteiger partial charge >= 0.3 is 0 Å². The largest absolute Gasteiger partial charge is 0.495 e. The molecule has 1 aliphatic rings. The molecule has 1 heterocycles. The summed E-state index contributed by atoms with van der Waals surface area (Å²) in [6.45, 7) is 1.93. The molecular formula is C19H18ClFN2O3. The second kappa shape index (κ2) is 7.33. The maximum Gasteiger partial charge on any atom is 0.229 e. The van der Waals surface area contributed by atoms with E-state index in [4.69, 9.17) is 16.3 Å². The second-order valence-electron chi connectivity index (χ2n) is 6.17. The summed E-state index contributed by atoms with van der Waals surface area (Å²) in [5.74, 6) is -0.831. The van der Waals surface area contributed by atoms with E-state index in [2.05, 4.69) is 5.32 Å². The highest BCUT2D eigenvalue weighted by Crippen LogP contribution is 2.35. The number of nitrogens with zero attached hydrogens (tertiary/aromatic N) is 1. The minimum Gasteiger partial charge on any atom is -0.495 e. The third-order valence-corrected chi connectivity index (χ3v) is 4.61. The number of benzene rings is 2. The summed E-state index contributed by atoms with van der Waals surface area (Å²) in [7, 11) is 1.51. The van der Waals surface area contributed by atoms with Crippen LogP contribution in [0.15, 0.2) is 36.4 Å². The number of carbonyl (C=O) groups is 2. The van der Waals surface area contributed by atoms with Gasteiger partial charge in [-0.15, -0.1) is 0 Å². The van der Waals surface area contributed by atoms with Crippen molar-refractivity contribution in [2.24, 2.45) is 5.92 Å². The Morgan fingerprint density at radius 2 is 2.08 bits per heavy atom. The van der Waals surface area contributed by atoms with E-state index in [9.17, 15) is 14.0 Å². The predicted octanol–water partition coefficient (Wildman–Crippen LogP) is 3.79. The monoisotopic (exact) mass is 376 g/mol. The zero-order chi connectivity index (χ0) is 18.8. The Labute approximate surface area is 155 Å². The molecule has 1 aliphatic heterocycles. The van der Waals surface area contributed by atoms with Gasteiger partial charge in [0.25, 0.3) is 0 Å². The van der Waals surface area contributed by atoms with E-state index < -0.39 is 5.92 Å². The Morgan fingerprint density at radius 3 is 2.77 bits per heavy atom. The zero-order valence-corrected chi connectivity index (χ0v) is 15.1. The lowest BCUT2D eigenvalue weighted by Crippen LogP contribution is -2.28. The van der Waals surface area contributed by atoms with Crippen LogP contribution in [-0.2, 0) is 9.59 Å². The van der Waals surface area contributed by atoms with Crippen molar-refractivity contribution in [2.75, 3.05) is 23.9 Å². The van der Waals surface area contributed by atoms with Crippen molar-refractivity contribution in [2.45, 2.75) is 13.3 Å². The Morgan fingerprint density at radius 1 is 1.31 bits per heavy atom. The number of halogens is 2. The lowest BCUT2D eigenvalue weighted by Gasteiger charge is -2.20. The molecular weight excluding hydrogens is 359 g/mol. The third kappa shape index (κ3) is 3.65. The topological polar surface area (TPSA) is 58.6 Å². The SMILES string of the molecule is COc1ccc(Cl)cc1N1CC(C(=O)Nc2ccc(F)cc2C)CC1=O. The molecule has 2 aromatic rings. The van der Waals surface area contributed by atoms with Crippen LogP contribution in [0, 0.1) is 18.7 Å². The van der Waals surface area contributed by atoms with Gasteiger partial charge in [0.05, 0.1) is 18.7 Å². The number of methoxy groups -OCH3 is 1. The van der Waals surface area contributed by atoms with Gasteiger partial charge in [-0.2, -0.15) is 0 Å². The lowest BCUT2D eigenvalue weighted by molar-refractivity contribution is -0.122. The molecule has 0 aliphatic carbocycles. The smallest absolute Gasteiger partial charge is 0.229 e. The highest BCUT2D eigenvalue weighted by atomic mass is 35.5. The maximum absolute atomic E-state index is 13.2. The van der Waals surface area contributed by atoms with Crippen molar-refractivity contribution in [1.29, 1.82) is 0 Å². The van der Waals surface area contributed by atoms with E-state index >= 15 is 0 Å². The van der Waals surface area contributed by atoms with Gasteiger partial charge in [-0.25, -0.2) is 4.39 Å². The average Bonchev–Trinajstić information content (AvgIpc) is 2.99. The first-order valence-corrected chi connectivity index (χ1v) is 8.47. The Hall–Kier alpha value is -2.60. The highest BCUT2D eigenvalue weighted by Gasteiger charge is 2.36. The Kier molecular flexibility index (Phi) is 5.13. The fraction of sp³-hybridized carbons (Fsp3) is 0.263. The van der Waals surface area contributed by atoms with Gasteiger partial charge in [0.15, 0.2) is 0 Å². The van der Waals surface area contributed by atoms with E-state index in [0.29, 0.717) is 27.7 Å². The molecule has 0 bridgehead atoms. The number of ether oxygens (including phenoxy) is 1. The summed E-state index contributed by atoms with van der Waals surface area (Å²) in [4.78, 5) is 26.5. The van der Waals surface area contributed by atoms with Gasteiger partial charge in [0.1, 0.15) is 11.6 Å². The van der Waals surface area contributed by atoms with Gasteiger partial charge in [-0.3, -0.25) is 9.59 Å². The molecule has 26 heavy (non-hydrogen) atoms. The van der Waals surface area contributed by atoms with E-state index in [0.717, 1.165) is 0 Å². The molecule has 5 nitrogen and oxygen atoms in total. The highest BCUT2D eigenvalue weighted by molar-refractivity contribution is 6.31. The molecule has 1 atom stereocenters. The normalized spacial score (nSPS) is 16.7. The van der Waals surface area contributed by atoms with Crippen LogP contribution < -0.4 is 15.0 Å². The molecule has 3 rings (SSSR count). The first kappa shape index (κ1) is 18.2. The number of aryl methyl sites for hydroxylation is 1. The number of carbonyl (C=O) groups excluding carboxylic acids is 2. The van der Waals surface area contributed by atoms with Crippen LogP contribution in [0.3, 0.4) is 0 Å². The third-order valence-electron chi connectivity index (χ3n) is 4.37. The van der Waals surface area contributed by atoms with E-state index in [1.54, 1.807) is 25.1 Å². The van der Waals surface area contributed by atoms with E-state index in [1.807, 2.05) is 0 Å². The van der Waals surface area contributed by atoms with Crippen LogP contribution in [0.2, 0.25) is 5.02 Å². The molecule has 1 fully saturated rings. The van der Waals surface area contributed by atoms with Crippen molar-refractivity contribution < 1.29 is 18.7 Å². The van der Waals surface area contributed by atoms with Crippen molar-refractivity contribution in [3.05, 3.63) is 52.8 Å². The number of anilines is 2. The quantitative estimate of drug-likeness (QED) is 0.883. The number of hydrogen-bond donors (Lipinski definition) is 1. The second-order valence-corrected chi connectivity index (χ2v) is 6.61. The molecule has 1 saturated heterocycles. The van der Waals surface area contributed by atoms with Gasteiger partial charge in [0.2, 0.25) is 11.8 Å². The van der Waals surface area contributed by atoms with Crippen LogP contribution in [-0.4, -0.2) is 25.5 Å². The molecule has 2 aromatic carbocycles. The summed E-state index contributed by atoms with van der Waals surface area (Å²) >= 11 is 6.03. The number of rotatable bonds is 4. The van der Waals surface area contributed by atoms with Crippen LogP contribution in [0.4, 0.5) is 15.8 Å². The van der Waals surface area contributed by atoms with Crippen molar-refractivity contribution in [1.82, 2.24) is 0 Å². The predicted molar refractivity (Wildman–Crippen MR) is 98.2 cm³/mol. The summed E-state index contributed by atoms with van der Waals surface area (Å²) in [6.07, 6.45) is 0.0851. The fourth-order valence-corrected chi connectivity index (χ4v) is 3.16. The maximum atomic E-state index is 13.2. The van der Waals surface area contributed by atoms with Crippen LogP contribution in [0.5, 0.6) is 5.75 Å². The fourth-order valence-electron chi connectivity index (χ4n) is 2.99. The summed E-state index contributed by atoms with van der Waals surface area (Å²) in [5.41, 5.74) is 1.69. The van der Waals surface area contributed by atoms with E-state index in [1.165, 1.54) is 30.2 Å². The van der Waals surface area contributed by atoms with Gasteiger partial charge < -0.3 is 15.0 Å². The first-order chi connectivity index (χ1) is 12.4. The molecule has 0 aromatic heterocycles. The summed E-state index contributed by atoms with van der Waals surface area (Å²) in [5, 5.41) is 3.25. The summed E-state index contributed by atoms with van der Waals surface area (Å²) in [6, 6.07) is 9.13. The molecule has 0 saturated carbocycles. The van der Waals surface area contributed by atoms with Crippen LogP contribution in [0.1, 0.15) is 12.0 Å². The van der Waals surface area contributed by atoms with Gasteiger partial charge in [0, 0.05) is 23.7 Å².